The molecule has 2 nitrogen and oxygen atoms in total. The van der Waals surface area contributed by atoms with Gasteiger partial charge in [0.1, 0.15) is 0 Å². The zero-order chi connectivity index (χ0) is 6.85. The van der Waals surface area contributed by atoms with Gasteiger partial charge in [0.25, 0.3) is 0 Å². The van der Waals surface area contributed by atoms with E-state index in [9.17, 15) is 0 Å². The lowest BCUT2D eigenvalue weighted by Gasteiger charge is -2.12. The summed E-state index contributed by atoms with van der Waals surface area (Å²) in [6, 6.07) is 0. The molecular formula is C7H12O2. The second kappa shape index (κ2) is 2.50. The van der Waals surface area contributed by atoms with Crippen LogP contribution in [-0.2, 0) is 0 Å². The van der Waals surface area contributed by atoms with E-state index in [0.717, 1.165) is 5.57 Å². The summed E-state index contributed by atoms with van der Waals surface area (Å²) in [5.41, 5.74) is 1.12. The van der Waals surface area contributed by atoms with E-state index in [1.165, 1.54) is 0 Å². The van der Waals surface area contributed by atoms with Crippen LogP contribution in [0.2, 0.25) is 0 Å². The van der Waals surface area contributed by atoms with Gasteiger partial charge in [-0.15, -0.1) is 0 Å². The van der Waals surface area contributed by atoms with Gasteiger partial charge in [-0.25, -0.2) is 0 Å². The Morgan fingerprint density at radius 3 is 2.67 bits per heavy atom. The van der Waals surface area contributed by atoms with Gasteiger partial charge in [-0.3, -0.25) is 0 Å². The molecule has 0 aliphatic heterocycles. The van der Waals surface area contributed by atoms with Crippen molar-refractivity contribution in [3.8, 4) is 0 Å². The van der Waals surface area contributed by atoms with Crippen LogP contribution < -0.4 is 0 Å². The minimum Gasteiger partial charge on any atom is -0.396 e. The van der Waals surface area contributed by atoms with Crippen LogP contribution >= 0.6 is 0 Å². The summed E-state index contributed by atoms with van der Waals surface area (Å²) in [6.07, 6.45) is 2.35. The Labute approximate surface area is 54.8 Å². The zero-order valence-electron chi connectivity index (χ0n) is 5.54. The second-order valence-electron chi connectivity index (χ2n) is 2.54. The fourth-order valence-corrected chi connectivity index (χ4v) is 1.19. The lowest BCUT2D eigenvalue weighted by Crippen LogP contribution is -2.19. The molecule has 2 heteroatoms. The Morgan fingerprint density at radius 2 is 2.44 bits per heavy atom. The summed E-state index contributed by atoms with van der Waals surface area (Å²) in [7, 11) is 0. The van der Waals surface area contributed by atoms with Crippen LogP contribution in [0.1, 0.15) is 13.3 Å². The third-order valence-electron chi connectivity index (χ3n) is 1.93. The molecule has 0 fully saturated rings. The molecule has 0 amide bonds. The average molecular weight is 128 g/mol. The monoisotopic (exact) mass is 128 g/mol. The lowest BCUT2D eigenvalue weighted by atomic mass is 10.0. The molecule has 0 aromatic carbocycles. The van der Waals surface area contributed by atoms with E-state index in [4.69, 9.17) is 10.2 Å². The maximum Gasteiger partial charge on any atom is 0.0661 e. The van der Waals surface area contributed by atoms with E-state index < -0.39 is 0 Å². The Bertz CT molecular complexity index is 129. The molecule has 0 aromatic heterocycles. The molecule has 52 valence electrons. The molecule has 0 saturated heterocycles. The number of hydrogen-bond acceptors (Lipinski definition) is 2. The second-order valence-corrected chi connectivity index (χ2v) is 2.54. The number of aliphatic hydroxyl groups is 2. The molecule has 1 aliphatic carbocycles. The van der Waals surface area contributed by atoms with Crippen LogP contribution in [0.15, 0.2) is 11.6 Å². The van der Waals surface area contributed by atoms with Crippen molar-refractivity contribution in [3.63, 3.8) is 0 Å². The van der Waals surface area contributed by atoms with E-state index in [1.54, 1.807) is 0 Å². The summed E-state index contributed by atoms with van der Waals surface area (Å²) >= 11 is 0. The van der Waals surface area contributed by atoms with Gasteiger partial charge in [0.05, 0.1) is 12.7 Å². The third-order valence-corrected chi connectivity index (χ3v) is 1.93. The predicted molar refractivity (Wildman–Crippen MR) is 35.0 cm³/mol. The fraction of sp³-hybridized carbons (Fsp3) is 0.714. The topological polar surface area (TPSA) is 40.5 Å². The van der Waals surface area contributed by atoms with Crippen LogP contribution in [0.5, 0.6) is 0 Å². The van der Waals surface area contributed by atoms with E-state index >= 15 is 0 Å². The highest BCUT2D eigenvalue weighted by atomic mass is 16.3. The average Bonchev–Trinajstić information content (AvgIpc) is 2.12. The van der Waals surface area contributed by atoms with Gasteiger partial charge in [-0.05, 0) is 13.3 Å². The van der Waals surface area contributed by atoms with Crippen molar-refractivity contribution in [2.24, 2.45) is 5.92 Å². The van der Waals surface area contributed by atoms with Gasteiger partial charge in [0.2, 0.25) is 0 Å². The standard InChI is InChI=1S/C7H12O2/c1-5-2-3-7(9)6(5)4-8/h2,6-9H,3-4H2,1H3/t6-,7-/m0/s1. The minimum absolute atomic E-state index is 0.00463. The van der Waals surface area contributed by atoms with E-state index in [0.29, 0.717) is 6.42 Å². The number of rotatable bonds is 1. The van der Waals surface area contributed by atoms with Gasteiger partial charge >= 0.3 is 0 Å². The highest BCUT2D eigenvalue weighted by Gasteiger charge is 2.23. The molecule has 0 heterocycles. The molecule has 0 spiro atoms. The van der Waals surface area contributed by atoms with Crippen LogP contribution in [0, 0.1) is 5.92 Å². The highest BCUT2D eigenvalue weighted by Crippen LogP contribution is 2.24. The van der Waals surface area contributed by atoms with Crippen molar-refractivity contribution in [1.29, 1.82) is 0 Å². The normalized spacial score (nSPS) is 34.8. The molecule has 2 atom stereocenters. The summed E-state index contributed by atoms with van der Waals surface area (Å²) in [6.45, 7) is 2.01. The molecule has 0 saturated carbocycles. The summed E-state index contributed by atoms with van der Waals surface area (Å²) in [4.78, 5) is 0. The maximum absolute atomic E-state index is 9.15. The van der Waals surface area contributed by atoms with Gasteiger partial charge in [0.15, 0.2) is 0 Å². The summed E-state index contributed by atoms with van der Waals surface area (Å²) in [5.74, 6) is 0.00463. The van der Waals surface area contributed by atoms with Gasteiger partial charge < -0.3 is 10.2 Å². The first-order valence-corrected chi connectivity index (χ1v) is 3.21. The van der Waals surface area contributed by atoms with Crippen molar-refractivity contribution < 1.29 is 10.2 Å². The van der Waals surface area contributed by atoms with Crippen molar-refractivity contribution in [2.75, 3.05) is 6.61 Å². The van der Waals surface area contributed by atoms with Crippen LogP contribution in [0.25, 0.3) is 0 Å². The van der Waals surface area contributed by atoms with Crippen molar-refractivity contribution in [1.82, 2.24) is 0 Å². The molecule has 9 heavy (non-hydrogen) atoms. The van der Waals surface area contributed by atoms with Crippen molar-refractivity contribution in [3.05, 3.63) is 11.6 Å². The molecule has 0 aromatic rings. The summed E-state index contributed by atoms with van der Waals surface area (Å²) < 4.78 is 0. The van der Waals surface area contributed by atoms with Crippen LogP contribution in [-0.4, -0.2) is 22.9 Å². The van der Waals surface area contributed by atoms with E-state index in [2.05, 4.69) is 0 Å². The predicted octanol–water partition coefficient (Wildman–Crippen LogP) is 0.306. The number of hydrogen-bond donors (Lipinski definition) is 2. The highest BCUT2D eigenvalue weighted by molar-refractivity contribution is 5.13. The molecule has 0 bridgehead atoms. The third kappa shape index (κ3) is 1.14. The smallest absolute Gasteiger partial charge is 0.0661 e. The minimum atomic E-state index is -0.338. The molecule has 0 radical (unpaired) electrons. The van der Waals surface area contributed by atoms with Crippen molar-refractivity contribution in [2.45, 2.75) is 19.4 Å². The number of aliphatic hydroxyl groups excluding tert-OH is 2. The molecule has 0 unspecified atom stereocenters. The largest absolute Gasteiger partial charge is 0.396 e. The fourth-order valence-electron chi connectivity index (χ4n) is 1.19. The van der Waals surface area contributed by atoms with Gasteiger partial charge in [0, 0.05) is 5.92 Å². The van der Waals surface area contributed by atoms with Crippen molar-refractivity contribution >= 4 is 0 Å². The Balaban J connectivity index is 2.57. The lowest BCUT2D eigenvalue weighted by molar-refractivity contribution is 0.0993. The zero-order valence-corrected chi connectivity index (χ0v) is 5.54. The van der Waals surface area contributed by atoms with Gasteiger partial charge in [-0.1, -0.05) is 11.6 Å². The molecule has 2 N–H and O–H groups in total. The SMILES string of the molecule is CC1=CC[C@H](O)[C@H]1CO. The maximum atomic E-state index is 9.15. The van der Waals surface area contributed by atoms with Crippen LogP contribution in [0.4, 0.5) is 0 Å². The molecule has 1 rings (SSSR count). The molecule has 1 aliphatic rings. The van der Waals surface area contributed by atoms with Gasteiger partial charge in [-0.2, -0.15) is 0 Å². The Hall–Kier alpha value is -0.340. The van der Waals surface area contributed by atoms with E-state index in [-0.39, 0.29) is 18.6 Å². The first kappa shape index (κ1) is 6.78. The van der Waals surface area contributed by atoms with E-state index in [1.807, 2.05) is 13.0 Å². The quantitative estimate of drug-likeness (QED) is 0.499. The first-order chi connectivity index (χ1) is 4.25. The van der Waals surface area contributed by atoms with Crippen LogP contribution in [0.3, 0.4) is 0 Å². The first-order valence-electron chi connectivity index (χ1n) is 3.21. The Kier molecular flexibility index (Phi) is 1.88. The summed E-state index contributed by atoms with van der Waals surface area (Å²) in [5, 5.41) is 17.9. The molecular weight excluding hydrogens is 116 g/mol. The Morgan fingerprint density at radius 1 is 1.78 bits per heavy atom.